The summed E-state index contributed by atoms with van der Waals surface area (Å²) in [5.74, 6) is -0.910. The van der Waals surface area contributed by atoms with Crippen molar-refractivity contribution in [1.82, 2.24) is 4.31 Å². The van der Waals surface area contributed by atoms with Crippen LogP contribution in [0.2, 0.25) is 0 Å². The molecular weight excluding hydrogens is 420 g/mol. The molecule has 0 spiro atoms. The molecule has 0 aliphatic carbocycles. The van der Waals surface area contributed by atoms with E-state index in [4.69, 9.17) is 9.47 Å². The lowest BCUT2D eigenvalue weighted by molar-refractivity contribution is -0.152. The summed E-state index contributed by atoms with van der Waals surface area (Å²) in [6.45, 7) is 1.93. The van der Waals surface area contributed by atoms with Gasteiger partial charge in [0.25, 0.3) is 5.91 Å². The van der Waals surface area contributed by atoms with E-state index in [1.807, 2.05) is 6.92 Å². The minimum Gasteiger partial charge on any atom is -0.495 e. The number of carbonyl (C=O) groups excluding carboxylic acids is 2. The predicted molar refractivity (Wildman–Crippen MR) is 115 cm³/mol. The third-order valence-electron chi connectivity index (χ3n) is 5.17. The normalized spacial score (nSPS) is 15.3. The van der Waals surface area contributed by atoms with E-state index >= 15 is 0 Å². The van der Waals surface area contributed by atoms with E-state index in [-0.39, 0.29) is 18.0 Å². The lowest BCUT2D eigenvalue weighted by Gasteiger charge is -2.30. The molecule has 2 aromatic rings. The Balaban J connectivity index is 1.49. The zero-order valence-electron chi connectivity index (χ0n) is 17.5. The maximum Gasteiger partial charge on any atom is 0.309 e. The lowest BCUT2D eigenvalue weighted by Crippen LogP contribution is -2.40. The van der Waals surface area contributed by atoms with Gasteiger partial charge in [-0.05, 0) is 44.0 Å². The molecule has 0 unspecified atom stereocenters. The molecule has 2 aromatic carbocycles. The Labute approximate surface area is 182 Å². The molecule has 1 amide bonds. The van der Waals surface area contributed by atoms with Crippen molar-refractivity contribution in [3.63, 3.8) is 0 Å². The highest BCUT2D eigenvalue weighted by Gasteiger charge is 2.33. The van der Waals surface area contributed by atoms with Crippen molar-refractivity contribution < 1.29 is 27.5 Å². The van der Waals surface area contributed by atoms with Gasteiger partial charge in [0.1, 0.15) is 5.75 Å². The SMILES string of the molecule is COc1ccccc1NC(=O)COC(=O)C1CCN(S(=O)(=O)c2ccc(C)cc2)CC1. The highest BCUT2D eigenvalue weighted by molar-refractivity contribution is 7.89. The summed E-state index contributed by atoms with van der Waals surface area (Å²) >= 11 is 0. The van der Waals surface area contributed by atoms with Crippen molar-refractivity contribution in [2.24, 2.45) is 5.92 Å². The number of aryl methyl sites for hydroxylation is 1. The maximum atomic E-state index is 12.8. The number of esters is 1. The van der Waals surface area contributed by atoms with Crippen LogP contribution in [0.15, 0.2) is 53.4 Å². The van der Waals surface area contributed by atoms with E-state index in [1.165, 1.54) is 11.4 Å². The first-order valence-electron chi connectivity index (χ1n) is 9.97. The van der Waals surface area contributed by atoms with Crippen molar-refractivity contribution in [2.45, 2.75) is 24.7 Å². The Hall–Kier alpha value is -2.91. The third-order valence-corrected chi connectivity index (χ3v) is 7.09. The molecule has 8 nitrogen and oxygen atoms in total. The van der Waals surface area contributed by atoms with Gasteiger partial charge >= 0.3 is 5.97 Å². The molecule has 3 rings (SSSR count). The van der Waals surface area contributed by atoms with Crippen LogP contribution in [0.25, 0.3) is 0 Å². The fourth-order valence-electron chi connectivity index (χ4n) is 3.38. The zero-order valence-corrected chi connectivity index (χ0v) is 18.4. The van der Waals surface area contributed by atoms with Crippen LogP contribution in [0, 0.1) is 12.8 Å². The predicted octanol–water partition coefficient (Wildman–Crippen LogP) is 2.59. The lowest BCUT2D eigenvalue weighted by atomic mass is 9.98. The number of rotatable bonds is 7. The van der Waals surface area contributed by atoms with E-state index in [2.05, 4.69) is 5.32 Å². The largest absolute Gasteiger partial charge is 0.495 e. The second-order valence-electron chi connectivity index (χ2n) is 7.35. The minimum atomic E-state index is -3.59. The second-order valence-corrected chi connectivity index (χ2v) is 9.29. The highest BCUT2D eigenvalue weighted by Crippen LogP contribution is 2.25. The molecule has 0 atom stereocenters. The number of hydrogen-bond donors (Lipinski definition) is 1. The average Bonchev–Trinajstić information content (AvgIpc) is 2.78. The fraction of sp³-hybridized carbons (Fsp3) is 0.364. The van der Waals surface area contributed by atoms with Crippen molar-refractivity contribution in [2.75, 3.05) is 32.1 Å². The topological polar surface area (TPSA) is 102 Å². The number of amides is 1. The number of carbonyl (C=O) groups is 2. The van der Waals surface area contributed by atoms with E-state index < -0.39 is 34.4 Å². The Morgan fingerprint density at radius 3 is 2.35 bits per heavy atom. The molecule has 1 saturated heterocycles. The Morgan fingerprint density at radius 2 is 1.71 bits per heavy atom. The van der Waals surface area contributed by atoms with Gasteiger partial charge in [-0.1, -0.05) is 29.8 Å². The standard InChI is InChI=1S/C22H26N2O6S/c1-16-7-9-18(10-8-16)31(27,28)24-13-11-17(12-14-24)22(26)30-15-21(25)23-19-5-3-4-6-20(19)29-2/h3-10,17H,11-15H2,1-2H3,(H,23,25). The van der Waals surface area contributed by atoms with Crippen molar-refractivity contribution in [3.05, 3.63) is 54.1 Å². The quantitative estimate of drug-likeness (QED) is 0.656. The number of nitrogens with one attached hydrogen (secondary N) is 1. The number of ether oxygens (including phenoxy) is 2. The van der Waals surface area contributed by atoms with Gasteiger partial charge in [0, 0.05) is 13.1 Å². The number of nitrogens with zero attached hydrogens (tertiary/aromatic N) is 1. The maximum absolute atomic E-state index is 12.8. The number of anilines is 1. The van der Waals surface area contributed by atoms with Crippen LogP contribution < -0.4 is 10.1 Å². The van der Waals surface area contributed by atoms with Gasteiger partial charge in [0.05, 0.1) is 23.6 Å². The van der Waals surface area contributed by atoms with Crippen LogP contribution in [0.4, 0.5) is 5.69 Å². The number of sulfonamides is 1. The van der Waals surface area contributed by atoms with Gasteiger partial charge in [0.15, 0.2) is 6.61 Å². The number of para-hydroxylation sites is 2. The Bertz CT molecular complexity index is 1030. The van der Waals surface area contributed by atoms with Crippen LogP contribution in [0.1, 0.15) is 18.4 Å². The first-order chi connectivity index (χ1) is 14.8. The van der Waals surface area contributed by atoms with E-state index in [1.54, 1.807) is 48.5 Å². The number of hydrogen-bond acceptors (Lipinski definition) is 6. The summed E-state index contributed by atoms with van der Waals surface area (Å²) in [6.07, 6.45) is 0.691. The molecule has 0 bridgehead atoms. The molecule has 1 fully saturated rings. The molecule has 0 radical (unpaired) electrons. The minimum absolute atomic E-state index is 0.226. The molecular formula is C22H26N2O6S. The number of methoxy groups -OCH3 is 1. The molecule has 1 N–H and O–H groups in total. The molecule has 0 saturated carbocycles. The Morgan fingerprint density at radius 1 is 1.06 bits per heavy atom. The van der Waals surface area contributed by atoms with Gasteiger partial charge in [-0.2, -0.15) is 4.31 Å². The summed E-state index contributed by atoms with van der Waals surface area (Å²) in [6, 6.07) is 13.6. The van der Waals surface area contributed by atoms with E-state index in [0.717, 1.165) is 5.56 Å². The van der Waals surface area contributed by atoms with Gasteiger partial charge in [0.2, 0.25) is 10.0 Å². The molecule has 31 heavy (non-hydrogen) atoms. The molecule has 166 valence electrons. The average molecular weight is 447 g/mol. The first kappa shape index (κ1) is 22.8. The zero-order chi connectivity index (χ0) is 22.4. The van der Waals surface area contributed by atoms with Gasteiger partial charge in [-0.15, -0.1) is 0 Å². The van der Waals surface area contributed by atoms with Gasteiger partial charge < -0.3 is 14.8 Å². The smallest absolute Gasteiger partial charge is 0.309 e. The first-order valence-corrected chi connectivity index (χ1v) is 11.4. The molecule has 9 heteroatoms. The summed E-state index contributed by atoms with van der Waals surface area (Å²) in [5, 5.41) is 2.64. The van der Waals surface area contributed by atoms with Crippen molar-refractivity contribution >= 4 is 27.6 Å². The summed E-state index contributed by atoms with van der Waals surface area (Å²) in [7, 11) is -2.09. The molecule has 1 heterocycles. The third kappa shape index (κ3) is 5.62. The number of benzene rings is 2. The summed E-state index contributed by atoms with van der Waals surface area (Å²) < 4.78 is 37.2. The van der Waals surface area contributed by atoms with Crippen molar-refractivity contribution in [3.8, 4) is 5.75 Å². The van der Waals surface area contributed by atoms with E-state index in [9.17, 15) is 18.0 Å². The monoisotopic (exact) mass is 446 g/mol. The molecule has 1 aliphatic heterocycles. The molecule has 0 aromatic heterocycles. The summed E-state index contributed by atoms with van der Waals surface area (Å²) in [4.78, 5) is 24.7. The van der Waals surface area contributed by atoms with Gasteiger partial charge in [-0.3, -0.25) is 9.59 Å². The fourth-order valence-corrected chi connectivity index (χ4v) is 4.85. The Kier molecular flexibility index (Phi) is 7.29. The van der Waals surface area contributed by atoms with Crippen LogP contribution in [-0.4, -0.2) is 51.4 Å². The summed E-state index contributed by atoms with van der Waals surface area (Å²) in [5.41, 5.74) is 1.47. The second kappa shape index (κ2) is 9.93. The van der Waals surface area contributed by atoms with E-state index in [0.29, 0.717) is 24.3 Å². The van der Waals surface area contributed by atoms with Gasteiger partial charge in [-0.25, -0.2) is 8.42 Å². The van der Waals surface area contributed by atoms with Crippen LogP contribution >= 0.6 is 0 Å². The van der Waals surface area contributed by atoms with Crippen LogP contribution in [0.5, 0.6) is 5.75 Å². The molecule has 1 aliphatic rings. The van der Waals surface area contributed by atoms with Crippen molar-refractivity contribution in [1.29, 1.82) is 0 Å². The highest BCUT2D eigenvalue weighted by atomic mass is 32.2. The van der Waals surface area contributed by atoms with Crippen LogP contribution in [0.3, 0.4) is 0 Å². The van der Waals surface area contributed by atoms with Crippen LogP contribution in [-0.2, 0) is 24.3 Å². The number of piperidine rings is 1.